The first kappa shape index (κ1) is 23.1. The lowest BCUT2D eigenvalue weighted by Gasteiger charge is -2.30. The molecule has 0 aliphatic carbocycles. The number of benzene rings is 2. The minimum Gasteiger partial charge on any atom is -0.457 e. The van der Waals surface area contributed by atoms with Gasteiger partial charge in [0.1, 0.15) is 29.3 Å². The SMILES string of the molecule is Cc1c(Oc2ccn3c(C)cnc3c2)ccc(Nc2ncnc3ccc(N4CCNCC4)c(F)c23)c1F. The molecular weight excluding hydrogens is 476 g/mol. The van der Waals surface area contributed by atoms with Gasteiger partial charge in [-0.3, -0.25) is 0 Å². The fraction of sp³-hybridized carbons (Fsp3) is 0.222. The fourth-order valence-corrected chi connectivity index (χ4v) is 4.63. The van der Waals surface area contributed by atoms with Crippen LogP contribution in [0.25, 0.3) is 16.6 Å². The van der Waals surface area contributed by atoms with Gasteiger partial charge in [0, 0.05) is 55.9 Å². The number of hydrogen-bond donors (Lipinski definition) is 2. The highest BCUT2D eigenvalue weighted by Crippen LogP contribution is 2.35. The summed E-state index contributed by atoms with van der Waals surface area (Å²) in [5.74, 6) is 0.178. The van der Waals surface area contributed by atoms with Crippen molar-refractivity contribution in [3.63, 3.8) is 0 Å². The standard InChI is InChI=1S/C27H25F2N7O/c1-16-14-31-23-13-18(7-10-36(16)23)37-22-6-4-20(25(28)17(22)2)34-27-24-19(32-15-33-27)3-5-21(26(24)29)35-11-8-30-9-12-35/h3-7,10,13-15,30H,8-9,11-12H2,1-2H3,(H,32,33,34). The van der Waals surface area contributed by atoms with Crippen LogP contribution in [-0.2, 0) is 0 Å². The van der Waals surface area contributed by atoms with Crippen LogP contribution in [0, 0.1) is 25.5 Å². The molecule has 0 unspecified atom stereocenters. The molecule has 6 rings (SSSR count). The Hall–Kier alpha value is -4.31. The first-order valence-electron chi connectivity index (χ1n) is 12.1. The topological polar surface area (TPSA) is 79.6 Å². The molecule has 3 aromatic heterocycles. The van der Waals surface area contributed by atoms with Gasteiger partial charge >= 0.3 is 0 Å². The van der Waals surface area contributed by atoms with Crippen LogP contribution in [0.2, 0.25) is 0 Å². The van der Waals surface area contributed by atoms with E-state index in [4.69, 9.17) is 4.74 Å². The van der Waals surface area contributed by atoms with E-state index < -0.39 is 11.6 Å². The van der Waals surface area contributed by atoms with Crippen LogP contribution < -0.4 is 20.3 Å². The maximum Gasteiger partial charge on any atom is 0.159 e. The van der Waals surface area contributed by atoms with E-state index in [2.05, 4.69) is 25.6 Å². The quantitative estimate of drug-likeness (QED) is 0.346. The van der Waals surface area contributed by atoms with Crippen molar-refractivity contribution in [3.8, 4) is 11.5 Å². The van der Waals surface area contributed by atoms with Gasteiger partial charge in [-0.1, -0.05) is 0 Å². The second-order valence-electron chi connectivity index (χ2n) is 9.02. The number of halogens is 2. The number of nitrogens with one attached hydrogen (secondary N) is 2. The molecule has 0 saturated carbocycles. The zero-order valence-electron chi connectivity index (χ0n) is 20.4. The van der Waals surface area contributed by atoms with Gasteiger partial charge in [0.05, 0.1) is 22.3 Å². The summed E-state index contributed by atoms with van der Waals surface area (Å²) in [7, 11) is 0. The van der Waals surface area contributed by atoms with E-state index in [1.165, 1.54) is 6.33 Å². The third-order valence-electron chi connectivity index (χ3n) is 6.66. The van der Waals surface area contributed by atoms with Gasteiger partial charge in [0.15, 0.2) is 11.6 Å². The van der Waals surface area contributed by atoms with Crippen LogP contribution in [0.4, 0.5) is 26.0 Å². The summed E-state index contributed by atoms with van der Waals surface area (Å²) in [6, 6.07) is 10.3. The highest BCUT2D eigenvalue weighted by Gasteiger charge is 2.20. The number of fused-ring (bicyclic) bond motifs is 2. The number of aryl methyl sites for hydroxylation is 1. The van der Waals surface area contributed by atoms with E-state index in [1.54, 1.807) is 49.5 Å². The number of piperazine rings is 1. The largest absolute Gasteiger partial charge is 0.457 e. The van der Waals surface area contributed by atoms with E-state index in [-0.39, 0.29) is 16.9 Å². The Morgan fingerprint density at radius 2 is 1.81 bits per heavy atom. The summed E-state index contributed by atoms with van der Waals surface area (Å²) >= 11 is 0. The zero-order chi connectivity index (χ0) is 25.5. The minimum atomic E-state index is -0.513. The van der Waals surface area contributed by atoms with E-state index in [0.717, 1.165) is 24.4 Å². The van der Waals surface area contributed by atoms with Crippen molar-refractivity contribution in [1.29, 1.82) is 0 Å². The molecule has 188 valence electrons. The van der Waals surface area contributed by atoms with Gasteiger partial charge in [-0.25, -0.2) is 23.7 Å². The molecule has 0 atom stereocenters. The first-order valence-corrected chi connectivity index (χ1v) is 12.1. The Balaban J connectivity index is 1.31. The Morgan fingerprint density at radius 3 is 2.65 bits per heavy atom. The average Bonchev–Trinajstić information content (AvgIpc) is 3.29. The summed E-state index contributed by atoms with van der Waals surface area (Å²) < 4.78 is 39.1. The van der Waals surface area contributed by atoms with Crippen molar-refractivity contribution in [2.75, 3.05) is 36.4 Å². The smallest absolute Gasteiger partial charge is 0.159 e. The number of rotatable bonds is 5. The molecule has 1 aliphatic rings. The van der Waals surface area contributed by atoms with Gasteiger partial charge < -0.3 is 24.7 Å². The summed E-state index contributed by atoms with van der Waals surface area (Å²) in [4.78, 5) is 14.8. The molecule has 4 heterocycles. The maximum absolute atomic E-state index is 15.7. The van der Waals surface area contributed by atoms with Gasteiger partial charge in [-0.15, -0.1) is 0 Å². The molecular formula is C27H25F2N7O. The highest BCUT2D eigenvalue weighted by atomic mass is 19.1. The summed E-state index contributed by atoms with van der Waals surface area (Å²) in [6.45, 7) is 6.55. The van der Waals surface area contributed by atoms with E-state index >= 15 is 8.78 Å². The molecule has 0 spiro atoms. The molecule has 2 N–H and O–H groups in total. The number of pyridine rings is 1. The Morgan fingerprint density at radius 1 is 0.973 bits per heavy atom. The lowest BCUT2D eigenvalue weighted by Crippen LogP contribution is -2.43. The predicted molar refractivity (Wildman–Crippen MR) is 139 cm³/mol. The third kappa shape index (κ3) is 4.19. The van der Waals surface area contributed by atoms with Gasteiger partial charge in [0.25, 0.3) is 0 Å². The summed E-state index contributed by atoms with van der Waals surface area (Å²) in [5.41, 5.74) is 3.14. The van der Waals surface area contributed by atoms with Gasteiger partial charge in [0.2, 0.25) is 0 Å². The monoisotopic (exact) mass is 501 g/mol. The maximum atomic E-state index is 15.7. The molecule has 0 amide bonds. The van der Waals surface area contributed by atoms with Crippen molar-refractivity contribution in [2.24, 2.45) is 0 Å². The molecule has 0 radical (unpaired) electrons. The molecule has 1 aliphatic heterocycles. The second kappa shape index (κ2) is 9.29. The third-order valence-corrected chi connectivity index (χ3v) is 6.66. The van der Waals surface area contributed by atoms with Crippen molar-refractivity contribution < 1.29 is 13.5 Å². The first-order chi connectivity index (χ1) is 18.0. The average molecular weight is 502 g/mol. The van der Waals surface area contributed by atoms with Crippen LogP contribution in [-0.4, -0.2) is 45.5 Å². The number of nitrogens with zero attached hydrogens (tertiary/aromatic N) is 5. The normalized spacial score (nSPS) is 13.9. The molecule has 8 nitrogen and oxygen atoms in total. The van der Waals surface area contributed by atoms with Crippen molar-refractivity contribution in [2.45, 2.75) is 13.8 Å². The molecule has 2 aromatic carbocycles. The van der Waals surface area contributed by atoms with Crippen LogP contribution in [0.3, 0.4) is 0 Å². The van der Waals surface area contributed by atoms with E-state index in [0.29, 0.717) is 41.4 Å². The lowest BCUT2D eigenvalue weighted by molar-refractivity contribution is 0.471. The zero-order valence-corrected chi connectivity index (χ0v) is 20.4. The predicted octanol–water partition coefficient (Wildman–Crippen LogP) is 5.12. The van der Waals surface area contributed by atoms with Crippen LogP contribution in [0.5, 0.6) is 11.5 Å². The van der Waals surface area contributed by atoms with Gasteiger partial charge in [-0.05, 0) is 44.2 Å². The number of anilines is 3. The second-order valence-corrected chi connectivity index (χ2v) is 9.02. The molecule has 10 heteroatoms. The summed E-state index contributed by atoms with van der Waals surface area (Å²) in [6.07, 6.45) is 4.97. The molecule has 5 aromatic rings. The Kier molecular flexibility index (Phi) is 5.80. The number of ether oxygens (including phenoxy) is 1. The van der Waals surface area contributed by atoms with Gasteiger partial charge in [-0.2, -0.15) is 0 Å². The van der Waals surface area contributed by atoms with E-state index in [9.17, 15) is 0 Å². The molecule has 37 heavy (non-hydrogen) atoms. The Labute approximate surface area is 211 Å². The fourth-order valence-electron chi connectivity index (χ4n) is 4.63. The lowest BCUT2D eigenvalue weighted by atomic mass is 10.1. The molecule has 0 bridgehead atoms. The van der Waals surface area contributed by atoms with Crippen molar-refractivity contribution in [1.82, 2.24) is 24.7 Å². The van der Waals surface area contributed by atoms with Crippen molar-refractivity contribution >= 4 is 33.7 Å². The minimum absolute atomic E-state index is 0.163. The highest BCUT2D eigenvalue weighted by molar-refractivity contribution is 5.94. The number of hydrogen-bond acceptors (Lipinski definition) is 7. The van der Waals surface area contributed by atoms with E-state index in [1.807, 2.05) is 22.4 Å². The van der Waals surface area contributed by atoms with Crippen LogP contribution in [0.15, 0.2) is 55.1 Å². The molecule has 1 saturated heterocycles. The number of imidazole rings is 1. The van der Waals surface area contributed by atoms with Crippen LogP contribution >= 0.6 is 0 Å². The summed E-state index contributed by atoms with van der Waals surface area (Å²) in [5, 5.41) is 6.47. The van der Waals surface area contributed by atoms with Crippen molar-refractivity contribution in [3.05, 3.63) is 78.0 Å². The van der Waals surface area contributed by atoms with Crippen LogP contribution in [0.1, 0.15) is 11.3 Å². The number of aromatic nitrogens is 4. The Bertz CT molecular complexity index is 1630. The molecule has 1 fully saturated rings.